The first kappa shape index (κ1) is 14.9. The molecule has 0 amide bonds. The van der Waals surface area contributed by atoms with Gasteiger partial charge in [0.1, 0.15) is 5.69 Å². The highest BCUT2D eigenvalue weighted by molar-refractivity contribution is 5.22. The molecule has 5 heteroatoms. The predicted octanol–water partition coefficient (Wildman–Crippen LogP) is 1.95. The smallest absolute Gasteiger partial charge is 0.237 e. The molecule has 0 spiro atoms. The van der Waals surface area contributed by atoms with E-state index in [1.807, 2.05) is 6.92 Å². The second-order valence-electron chi connectivity index (χ2n) is 3.89. The molecule has 0 radical (unpaired) electrons. The SMILES string of the molecule is CCNC(c1nccnc1OC)C(CC)OCC. The van der Waals surface area contributed by atoms with Crippen LogP contribution in [0.5, 0.6) is 5.88 Å². The summed E-state index contributed by atoms with van der Waals surface area (Å²) in [5.74, 6) is 0.557. The summed E-state index contributed by atoms with van der Waals surface area (Å²) in [4.78, 5) is 8.59. The molecule has 0 aliphatic carbocycles. The molecule has 0 saturated heterocycles. The van der Waals surface area contributed by atoms with Gasteiger partial charge in [-0.25, -0.2) is 4.98 Å². The van der Waals surface area contributed by atoms with Crippen molar-refractivity contribution >= 4 is 0 Å². The second kappa shape index (κ2) is 8.00. The van der Waals surface area contributed by atoms with Gasteiger partial charge in [0, 0.05) is 19.0 Å². The van der Waals surface area contributed by atoms with Gasteiger partial charge in [-0.05, 0) is 19.9 Å². The first-order valence-corrected chi connectivity index (χ1v) is 6.48. The third kappa shape index (κ3) is 3.65. The van der Waals surface area contributed by atoms with Crippen molar-refractivity contribution in [2.45, 2.75) is 39.3 Å². The van der Waals surface area contributed by atoms with Crippen molar-refractivity contribution in [3.05, 3.63) is 18.1 Å². The average molecular weight is 253 g/mol. The van der Waals surface area contributed by atoms with Gasteiger partial charge < -0.3 is 14.8 Å². The number of likely N-dealkylation sites (N-methyl/N-ethyl adjacent to an activating group) is 1. The lowest BCUT2D eigenvalue weighted by Crippen LogP contribution is -2.34. The minimum Gasteiger partial charge on any atom is -0.480 e. The Morgan fingerprint density at radius 3 is 2.50 bits per heavy atom. The van der Waals surface area contributed by atoms with E-state index in [2.05, 4.69) is 29.1 Å². The molecular formula is C13H23N3O2. The van der Waals surface area contributed by atoms with Crippen LogP contribution in [0.2, 0.25) is 0 Å². The molecule has 18 heavy (non-hydrogen) atoms. The average Bonchev–Trinajstić information content (AvgIpc) is 2.42. The fourth-order valence-corrected chi connectivity index (χ4v) is 1.99. The summed E-state index contributed by atoms with van der Waals surface area (Å²) >= 11 is 0. The second-order valence-corrected chi connectivity index (χ2v) is 3.89. The van der Waals surface area contributed by atoms with E-state index < -0.39 is 0 Å². The number of aromatic nitrogens is 2. The monoisotopic (exact) mass is 253 g/mol. The highest BCUT2D eigenvalue weighted by atomic mass is 16.5. The quantitative estimate of drug-likeness (QED) is 0.767. The lowest BCUT2D eigenvalue weighted by Gasteiger charge is -2.26. The van der Waals surface area contributed by atoms with Crippen LogP contribution < -0.4 is 10.1 Å². The van der Waals surface area contributed by atoms with E-state index in [0.717, 1.165) is 18.7 Å². The van der Waals surface area contributed by atoms with Crippen molar-refractivity contribution < 1.29 is 9.47 Å². The number of nitrogens with zero attached hydrogens (tertiary/aromatic N) is 2. The number of rotatable bonds is 8. The Bertz CT molecular complexity index is 347. The fraction of sp³-hybridized carbons (Fsp3) is 0.692. The highest BCUT2D eigenvalue weighted by Crippen LogP contribution is 2.25. The van der Waals surface area contributed by atoms with Crippen molar-refractivity contribution in [3.63, 3.8) is 0 Å². The molecule has 2 atom stereocenters. The van der Waals surface area contributed by atoms with Gasteiger partial charge in [-0.1, -0.05) is 13.8 Å². The van der Waals surface area contributed by atoms with E-state index in [4.69, 9.17) is 9.47 Å². The lowest BCUT2D eigenvalue weighted by atomic mass is 10.0. The number of hydrogen-bond donors (Lipinski definition) is 1. The zero-order valence-electron chi connectivity index (χ0n) is 11.6. The largest absolute Gasteiger partial charge is 0.480 e. The molecule has 1 heterocycles. The molecule has 0 aromatic carbocycles. The number of nitrogens with one attached hydrogen (secondary N) is 1. The maximum absolute atomic E-state index is 5.77. The zero-order valence-corrected chi connectivity index (χ0v) is 11.6. The van der Waals surface area contributed by atoms with E-state index in [0.29, 0.717) is 12.5 Å². The van der Waals surface area contributed by atoms with Gasteiger partial charge in [-0.3, -0.25) is 4.98 Å². The lowest BCUT2D eigenvalue weighted by molar-refractivity contribution is 0.0299. The maximum atomic E-state index is 5.77. The summed E-state index contributed by atoms with van der Waals surface area (Å²) in [5.41, 5.74) is 0.808. The van der Waals surface area contributed by atoms with Gasteiger partial charge in [0.15, 0.2) is 0 Å². The Morgan fingerprint density at radius 2 is 1.94 bits per heavy atom. The van der Waals surface area contributed by atoms with Crippen LogP contribution in [0.15, 0.2) is 12.4 Å². The molecular weight excluding hydrogens is 230 g/mol. The van der Waals surface area contributed by atoms with Gasteiger partial charge in [-0.15, -0.1) is 0 Å². The number of ether oxygens (including phenoxy) is 2. The van der Waals surface area contributed by atoms with Crippen LogP contribution in [0.3, 0.4) is 0 Å². The van der Waals surface area contributed by atoms with Gasteiger partial charge >= 0.3 is 0 Å². The van der Waals surface area contributed by atoms with Gasteiger partial charge in [0.2, 0.25) is 5.88 Å². The maximum Gasteiger partial charge on any atom is 0.237 e. The fourth-order valence-electron chi connectivity index (χ4n) is 1.99. The molecule has 1 rings (SSSR count). The Kier molecular flexibility index (Phi) is 6.60. The van der Waals surface area contributed by atoms with Crippen LogP contribution in [0.4, 0.5) is 0 Å². The molecule has 0 bridgehead atoms. The summed E-state index contributed by atoms with van der Waals surface area (Å²) < 4.78 is 11.1. The van der Waals surface area contributed by atoms with Crippen molar-refractivity contribution in [1.82, 2.24) is 15.3 Å². The van der Waals surface area contributed by atoms with Crippen LogP contribution in [-0.2, 0) is 4.74 Å². The summed E-state index contributed by atoms with van der Waals surface area (Å²) in [6, 6.07) is 0.00333. The minimum atomic E-state index is 0.00333. The normalized spacial score (nSPS) is 14.2. The van der Waals surface area contributed by atoms with Crippen LogP contribution >= 0.6 is 0 Å². The summed E-state index contributed by atoms with van der Waals surface area (Å²) in [6.45, 7) is 7.69. The van der Waals surface area contributed by atoms with Crippen molar-refractivity contribution in [3.8, 4) is 5.88 Å². The van der Waals surface area contributed by atoms with E-state index in [1.54, 1.807) is 19.5 Å². The first-order valence-electron chi connectivity index (χ1n) is 6.48. The van der Waals surface area contributed by atoms with Crippen molar-refractivity contribution in [2.75, 3.05) is 20.3 Å². The molecule has 1 aromatic rings. The topological polar surface area (TPSA) is 56.3 Å². The van der Waals surface area contributed by atoms with Gasteiger partial charge in [-0.2, -0.15) is 0 Å². The summed E-state index contributed by atoms with van der Waals surface area (Å²) in [6.07, 6.45) is 4.29. The van der Waals surface area contributed by atoms with E-state index in [1.165, 1.54) is 0 Å². The Labute approximate surface area is 109 Å². The Hall–Kier alpha value is -1.20. The van der Waals surface area contributed by atoms with Crippen LogP contribution in [0.25, 0.3) is 0 Å². The van der Waals surface area contributed by atoms with Crippen molar-refractivity contribution in [2.24, 2.45) is 0 Å². The molecule has 102 valence electrons. The van der Waals surface area contributed by atoms with Crippen LogP contribution in [0, 0.1) is 0 Å². The van der Waals surface area contributed by atoms with Crippen LogP contribution in [0.1, 0.15) is 38.9 Å². The molecule has 0 fully saturated rings. The predicted molar refractivity (Wildman–Crippen MR) is 70.7 cm³/mol. The molecule has 1 N–H and O–H groups in total. The van der Waals surface area contributed by atoms with Crippen LogP contribution in [-0.4, -0.2) is 36.3 Å². The first-order chi connectivity index (χ1) is 8.78. The number of methoxy groups -OCH3 is 1. The van der Waals surface area contributed by atoms with E-state index in [9.17, 15) is 0 Å². The molecule has 2 unspecified atom stereocenters. The molecule has 0 saturated carbocycles. The standard InChI is InChI=1S/C13H23N3O2/c1-5-10(18-7-3)11(14-6-2)12-13(17-4)16-9-8-15-12/h8-11,14H,5-7H2,1-4H3. The minimum absolute atomic E-state index is 0.00333. The summed E-state index contributed by atoms with van der Waals surface area (Å²) in [7, 11) is 1.61. The highest BCUT2D eigenvalue weighted by Gasteiger charge is 2.26. The Balaban J connectivity index is 3.01. The van der Waals surface area contributed by atoms with E-state index >= 15 is 0 Å². The van der Waals surface area contributed by atoms with Crippen molar-refractivity contribution in [1.29, 1.82) is 0 Å². The number of hydrogen-bond acceptors (Lipinski definition) is 5. The molecule has 0 aliphatic rings. The third-order valence-electron chi connectivity index (χ3n) is 2.76. The van der Waals surface area contributed by atoms with Gasteiger partial charge in [0.05, 0.1) is 19.3 Å². The summed E-state index contributed by atoms with van der Waals surface area (Å²) in [5, 5.41) is 3.40. The van der Waals surface area contributed by atoms with Gasteiger partial charge in [0.25, 0.3) is 0 Å². The molecule has 1 aromatic heterocycles. The molecule has 0 aliphatic heterocycles. The third-order valence-corrected chi connectivity index (χ3v) is 2.76. The Morgan fingerprint density at radius 1 is 1.22 bits per heavy atom. The molecule has 5 nitrogen and oxygen atoms in total. The van der Waals surface area contributed by atoms with E-state index in [-0.39, 0.29) is 12.1 Å². The zero-order chi connectivity index (χ0) is 13.4.